The third kappa shape index (κ3) is 4.43. The van der Waals surface area contributed by atoms with E-state index in [0.29, 0.717) is 13.1 Å². The maximum absolute atomic E-state index is 11.6. The molecular weight excluding hydrogens is 264 g/mol. The molecule has 1 heterocycles. The van der Waals surface area contributed by atoms with E-state index in [1.807, 2.05) is 36.0 Å². The second kappa shape index (κ2) is 7.59. The van der Waals surface area contributed by atoms with Crippen molar-refractivity contribution in [2.75, 3.05) is 19.6 Å². The predicted molar refractivity (Wildman–Crippen MR) is 83.2 cm³/mol. The fraction of sp³-hybridized carbons (Fsp3) is 0.375. The SMILES string of the molecule is CCNC(=O)CN(CC)Cc1ccc(-n2cccn2)cc1. The number of hydrogen-bond donors (Lipinski definition) is 1. The van der Waals surface area contributed by atoms with E-state index >= 15 is 0 Å². The van der Waals surface area contributed by atoms with E-state index in [-0.39, 0.29) is 5.91 Å². The average molecular weight is 286 g/mol. The molecule has 5 heteroatoms. The van der Waals surface area contributed by atoms with E-state index in [9.17, 15) is 4.79 Å². The van der Waals surface area contributed by atoms with Gasteiger partial charge in [0.05, 0.1) is 12.2 Å². The van der Waals surface area contributed by atoms with Crippen molar-refractivity contribution in [2.24, 2.45) is 0 Å². The van der Waals surface area contributed by atoms with Crippen molar-refractivity contribution in [3.63, 3.8) is 0 Å². The van der Waals surface area contributed by atoms with Crippen LogP contribution in [0.5, 0.6) is 0 Å². The number of nitrogens with one attached hydrogen (secondary N) is 1. The van der Waals surface area contributed by atoms with Crippen LogP contribution in [-0.2, 0) is 11.3 Å². The third-order valence-electron chi connectivity index (χ3n) is 3.30. The summed E-state index contributed by atoms with van der Waals surface area (Å²) in [6.07, 6.45) is 3.68. The third-order valence-corrected chi connectivity index (χ3v) is 3.30. The van der Waals surface area contributed by atoms with Gasteiger partial charge in [-0.3, -0.25) is 9.69 Å². The molecule has 112 valence electrons. The Hall–Kier alpha value is -2.14. The van der Waals surface area contributed by atoms with Crippen LogP contribution in [0.1, 0.15) is 19.4 Å². The molecule has 1 aromatic heterocycles. The number of benzene rings is 1. The van der Waals surface area contributed by atoms with Crippen LogP contribution >= 0.6 is 0 Å². The highest BCUT2D eigenvalue weighted by atomic mass is 16.2. The summed E-state index contributed by atoms with van der Waals surface area (Å²) in [5.41, 5.74) is 2.23. The van der Waals surface area contributed by atoms with Gasteiger partial charge in [0.1, 0.15) is 0 Å². The van der Waals surface area contributed by atoms with Crippen molar-refractivity contribution in [3.05, 3.63) is 48.3 Å². The molecule has 0 radical (unpaired) electrons. The minimum absolute atomic E-state index is 0.0764. The molecule has 0 fully saturated rings. The standard InChI is InChI=1S/C16H22N4O/c1-3-17-16(21)13-19(4-2)12-14-6-8-15(9-7-14)20-11-5-10-18-20/h5-11H,3-4,12-13H2,1-2H3,(H,17,21). The van der Waals surface area contributed by atoms with Gasteiger partial charge in [0, 0.05) is 25.5 Å². The molecule has 1 aromatic carbocycles. The summed E-state index contributed by atoms with van der Waals surface area (Å²) in [5.74, 6) is 0.0764. The highest BCUT2D eigenvalue weighted by Gasteiger charge is 2.09. The van der Waals surface area contributed by atoms with E-state index < -0.39 is 0 Å². The lowest BCUT2D eigenvalue weighted by atomic mass is 10.2. The topological polar surface area (TPSA) is 50.2 Å². The van der Waals surface area contributed by atoms with Crippen LogP contribution < -0.4 is 5.32 Å². The van der Waals surface area contributed by atoms with E-state index in [1.54, 1.807) is 6.20 Å². The number of carbonyl (C=O) groups is 1. The molecule has 2 rings (SSSR count). The Morgan fingerprint density at radius 3 is 2.62 bits per heavy atom. The minimum atomic E-state index is 0.0764. The number of hydrogen-bond acceptors (Lipinski definition) is 3. The highest BCUT2D eigenvalue weighted by Crippen LogP contribution is 2.10. The first-order valence-corrected chi connectivity index (χ1v) is 7.31. The largest absolute Gasteiger partial charge is 0.355 e. The number of carbonyl (C=O) groups excluding carboxylic acids is 1. The summed E-state index contributed by atoms with van der Waals surface area (Å²) in [5, 5.41) is 7.04. The molecule has 21 heavy (non-hydrogen) atoms. The summed E-state index contributed by atoms with van der Waals surface area (Å²) >= 11 is 0. The quantitative estimate of drug-likeness (QED) is 0.845. The van der Waals surface area contributed by atoms with Crippen LogP contribution in [0.2, 0.25) is 0 Å². The highest BCUT2D eigenvalue weighted by molar-refractivity contribution is 5.77. The minimum Gasteiger partial charge on any atom is -0.355 e. The van der Waals surface area contributed by atoms with Crippen LogP contribution in [0.25, 0.3) is 5.69 Å². The normalized spacial score (nSPS) is 10.8. The monoisotopic (exact) mass is 286 g/mol. The molecule has 0 spiro atoms. The summed E-state index contributed by atoms with van der Waals surface area (Å²) in [7, 11) is 0. The van der Waals surface area contributed by atoms with Crippen molar-refractivity contribution in [2.45, 2.75) is 20.4 Å². The van der Waals surface area contributed by atoms with E-state index in [1.165, 1.54) is 5.56 Å². The van der Waals surface area contributed by atoms with Gasteiger partial charge in [0.25, 0.3) is 0 Å². The molecule has 0 saturated heterocycles. The van der Waals surface area contributed by atoms with Gasteiger partial charge in [-0.15, -0.1) is 0 Å². The Labute approximate surface area is 125 Å². The Bertz CT molecular complexity index is 548. The van der Waals surface area contributed by atoms with E-state index in [4.69, 9.17) is 0 Å². The van der Waals surface area contributed by atoms with Crippen LogP contribution in [-0.4, -0.2) is 40.2 Å². The summed E-state index contributed by atoms with van der Waals surface area (Å²) in [6, 6.07) is 10.2. The molecule has 0 aliphatic heterocycles. The van der Waals surface area contributed by atoms with Gasteiger partial charge in [-0.2, -0.15) is 5.10 Å². The first-order valence-electron chi connectivity index (χ1n) is 7.31. The number of amides is 1. The van der Waals surface area contributed by atoms with Crippen molar-refractivity contribution in [1.82, 2.24) is 20.0 Å². The van der Waals surface area contributed by atoms with Crippen molar-refractivity contribution < 1.29 is 4.79 Å². The van der Waals surface area contributed by atoms with Crippen LogP contribution in [0.4, 0.5) is 0 Å². The molecular formula is C16H22N4O. The van der Waals surface area contributed by atoms with Crippen LogP contribution in [0.3, 0.4) is 0 Å². The average Bonchev–Trinajstić information content (AvgIpc) is 3.02. The fourth-order valence-electron chi connectivity index (χ4n) is 2.17. The zero-order valence-electron chi connectivity index (χ0n) is 12.6. The van der Waals surface area contributed by atoms with Crippen molar-refractivity contribution >= 4 is 5.91 Å². The molecule has 0 bridgehead atoms. The van der Waals surface area contributed by atoms with E-state index in [2.05, 4.69) is 34.4 Å². The second-order valence-corrected chi connectivity index (χ2v) is 4.87. The Balaban J connectivity index is 1.96. The number of likely N-dealkylation sites (N-methyl/N-ethyl adjacent to an activating group) is 2. The molecule has 0 unspecified atom stereocenters. The Kier molecular flexibility index (Phi) is 5.51. The lowest BCUT2D eigenvalue weighted by Crippen LogP contribution is -2.36. The molecule has 1 N–H and O–H groups in total. The zero-order chi connectivity index (χ0) is 15.1. The van der Waals surface area contributed by atoms with Gasteiger partial charge in [-0.05, 0) is 37.2 Å². The lowest BCUT2D eigenvalue weighted by molar-refractivity contribution is -0.122. The summed E-state index contributed by atoms with van der Waals surface area (Å²) in [4.78, 5) is 13.8. The lowest BCUT2D eigenvalue weighted by Gasteiger charge is -2.19. The van der Waals surface area contributed by atoms with Gasteiger partial charge in [-0.1, -0.05) is 19.1 Å². The molecule has 0 saturated carbocycles. The van der Waals surface area contributed by atoms with Gasteiger partial charge in [-0.25, -0.2) is 4.68 Å². The maximum atomic E-state index is 11.6. The van der Waals surface area contributed by atoms with Crippen molar-refractivity contribution in [3.8, 4) is 5.69 Å². The fourth-order valence-corrected chi connectivity index (χ4v) is 2.17. The number of nitrogens with zero attached hydrogens (tertiary/aromatic N) is 3. The number of rotatable bonds is 7. The van der Waals surface area contributed by atoms with Crippen LogP contribution in [0, 0.1) is 0 Å². The van der Waals surface area contributed by atoms with Crippen LogP contribution in [0.15, 0.2) is 42.7 Å². The molecule has 1 amide bonds. The zero-order valence-corrected chi connectivity index (χ0v) is 12.6. The molecule has 2 aromatic rings. The second-order valence-electron chi connectivity index (χ2n) is 4.87. The molecule has 0 aliphatic rings. The molecule has 0 atom stereocenters. The Morgan fingerprint density at radius 2 is 2.05 bits per heavy atom. The van der Waals surface area contributed by atoms with Gasteiger partial charge < -0.3 is 5.32 Å². The predicted octanol–water partition coefficient (Wildman–Crippen LogP) is 1.83. The van der Waals surface area contributed by atoms with Gasteiger partial charge in [0.2, 0.25) is 5.91 Å². The Morgan fingerprint density at radius 1 is 1.29 bits per heavy atom. The smallest absolute Gasteiger partial charge is 0.234 e. The molecule has 5 nitrogen and oxygen atoms in total. The molecule has 0 aliphatic carbocycles. The maximum Gasteiger partial charge on any atom is 0.234 e. The summed E-state index contributed by atoms with van der Waals surface area (Å²) in [6.45, 7) is 6.73. The number of aromatic nitrogens is 2. The summed E-state index contributed by atoms with van der Waals surface area (Å²) < 4.78 is 1.83. The van der Waals surface area contributed by atoms with E-state index in [0.717, 1.165) is 18.8 Å². The first-order chi connectivity index (χ1) is 10.2. The van der Waals surface area contributed by atoms with Crippen molar-refractivity contribution in [1.29, 1.82) is 0 Å². The first kappa shape index (κ1) is 15.3. The van der Waals surface area contributed by atoms with Gasteiger partial charge in [0.15, 0.2) is 0 Å². The van der Waals surface area contributed by atoms with Gasteiger partial charge >= 0.3 is 0 Å².